The van der Waals surface area contributed by atoms with Crippen molar-refractivity contribution in [3.05, 3.63) is 90.0 Å². The normalized spacial score (nSPS) is 15.3. The third kappa shape index (κ3) is 7.78. The average molecular weight is 480 g/mol. The Bertz CT molecular complexity index is 1070. The van der Waals surface area contributed by atoms with Crippen LogP contribution in [0.4, 0.5) is 10.1 Å². The highest BCUT2D eigenvalue weighted by Crippen LogP contribution is 2.20. The molecule has 0 aliphatic carbocycles. The predicted octanol–water partition coefficient (Wildman–Crippen LogP) is 3.32. The Balaban J connectivity index is 1.48. The van der Waals surface area contributed by atoms with Gasteiger partial charge in [-0.3, -0.25) is 10.3 Å². The van der Waals surface area contributed by atoms with Gasteiger partial charge < -0.3 is 19.7 Å². The van der Waals surface area contributed by atoms with E-state index < -0.39 is 18.9 Å². The van der Waals surface area contributed by atoms with Crippen LogP contribution in [0.15, 0.2) is 84.0 Å². The molecule has 7 nitrogen and oxygen atoms in total. The summed E-state index contributed by atoms with van der Waals surface area (Å²) in [6.45, 7) is 1.99. The second-order valence-electron chi connectivity index (χ2n) is 8.37. The third-order valence-corrected chi connectivity index (χ3v) is 5.40. The zero-order valence-electron chi connectivity index (χ0n) is 19.4. The number of halogens is 1. The Morgan fingerprint density at radius 1 is 0.829 bits per heavy atom. The van der Waals surface area contributed by atoms with Crippen molar-refractivity contribution in [1.29, 1.82) is 0 Å². The van der Waals surface area contributed by atoms with E-state index in [-0.39, 0.29) is 13.2 Å². The second-order valence-corrected chi connectivity index (χ2v) is 8.37. The molecule has 0 aromatic heterocycles. The van der Waals surface area contributed by atoms with E-state index in [1.807, 2.05) is 66.7 Å². The first-order valence-corrected chi connectivity index (χ1v) is 11.6. The van der Waals surface area contributed by atoms with E-state index in [9.17, 15) is 14.6 Å². The number of alkyl halides is 1. The van der Waals surface area contributed by atoms with Gasteiger partial charge in [0, 0.05) is 30.8 Å². The molecule has 1 heterocycles. The Kier molecular flexibility index (Phi) is 8.67. The van der Waals surface area contributed by atoms with Gasteiger partial charge in [0.1, 0.15) is 43.6 Å². The van der Waals surface area contributed by atoms with Gasteiger partial charge in [-0.15, -0.1) is 0 Å². The van der Waals surface area contributed by atoms with Gasteiger partial charge in [-0.25, -0.2) is 4.39 Å². The number of hydrazone groups is 1. The molecule has 1 aliphatic heterocycles. The smallest absolute Gasteiger partial charge is 0.119 e. The van der Waals surface area contributed by atoms with Crippen molar-refractivity contribution in [2.24, 2.45) is 5.10 Å². The van der Waals surface area contributed by atoms with Gasteiger partial charge in [0.05, 0.1) is 11.4 Å². The summed E-state index contributed by atoms with van der Waals surface area (Å²) in [5, 5.41) is 24.1. The van der Waals surface area contributed by atoms with Crippen LogP contribution in [0, 0.1) is 0 Å². The number of rotatable bonds is 13. The van der Waals surface area contributed by atoms with Crippen LogP contribution in [-0.4, -0.2) is 72.6 Å². The van der Waals surface area contributed by atoms with Crippen LogP contribution in [0.3, 0.4) is 0 Å². The molecule has 2 unspecified atom stereocenters. The number of β-amino-alcohol motifs (C(OH)–C–C–N with tert-alkyl or cyclic N) is 1. The van der Waals surface area contributed by atoms with Gasteiger partial charge in [-0.05, 0) is 60.7 Å². The maximum atomic E-state index is 12.5. The summed E-state index contributed by atoms with van der Waals surface area (Å²) in [5.74, 6) is 1.20. The number of para-hydroxylation sites is 1. The summed E-state index contributed by atoms with van der Waals surface area (Å²) in [7, 11) is 0. The number of aliphatic hydroxyl groups is 2. The van der Waals surface area contributed by atoms with Crippen molar-refractivity contribution in [1.82, 2.24) is 4.90 Å². The van der Waals surface area contributed by atoms with Crippen molar-refractivity contribution >= 4 is 11.4 Å². The molecule has 0 radical (unpaired) electrons. The van der Waals surface area contributed by atoms with Gasteiger partial charge in [-0.1, -0.05) is 18.2 Å². The first-order valence-electron chi connectivity index (χ1n) is 11.6. The van der Waals surface area contributed by atoms with Crippen LogP contribution in [0.5, 0.6) is 11.5 Å². The summed E-state index contributed by atoms with van der Waals surface area (Å²) < 4.78 is 23.6. The van der Waals surface area contributed by atoms with Crippen LogP contribution in [-0.2, 0) is 0 Å². The molecule has 3 N–H and O–H groups in total. The zero-order valence-corrected chi connectivity index (χ0v) is 19.4. The topological polar surface area (TPSA) is 86.3 Å². The first-order chi connectivity index (χ1) is 17.1. The van der Waals surface area contributed by atoms with Crippen molar-refractivity contribution in [3.63, 3.8) is 0 Å². The lowest BCUT2D eigenvalue weighted by molar-refractivity contribution is 0.0842. The van der Waals surface area contributed by atoms with Crippen LogP contribution < -0.4 is 14.9 Å². The van der Waals surface area contributed by atoms with Crippen molar-refractivity contribution in [3.8, 4) is 11.5 Å². The van der Waals surface area contributed by atoms with Gasteiger partial charge in [0.15, 0.2) is 0 Å². The number of hydrogen-bond acceptors (Lipinski definition) is 7. The van der Waals surface area contributed by atoms with Gasteiger partial charge in [0.25, 0.3) is 0 Å². The number of aliphatic hydroxyl groups excluding tert-OH is 2. The standard InChI is InChI=1S/C27H30FN3O4/c28-16-23(32)18-34-25-10-6-20(7-11-25)27(30-29-22-4-2-1-3-5-22)21-8-12-26(13-9-21)35-19-24(33)17-31-14-15-31/h1-13,23-24,29,32-33H,14-19H2/b30-27-. The molecule has 0 saturated carbocycles. The molecular formula is C27H30FN3O4. The van der Waals surface area contributed by atoms with E-state index in [1.54, 1.807) is 12.1 Å². The number of anilines is 1. The molecule has 1 fully saturated rings. The molecular weight excluding hydrogens is 449 g/mol. The highest BCUT2D eigenvalue weighted by molar-refractivity contribution is 6.13. The van der Waals surface area contributed by atoms with Crippen molar-refractivity contribution in [2.45, 2.75) is 12.2 Å². The Morgan fingerprint density at radius 3 is 1.89 bits per heavy atom. The van der Waals surface area contributed by atoms with E-state index in [0.717, 1.165) is 29.9 Å². The van der Waals surface area contributed by atoms with Crippen molar-refractivity contribution < 1.29 is 24.1 Å². The molecule has 0 amide bonds. The fourth-order valence-corrected chi connectivity index (χ4v) is 3.38. The molecule has 2 atom stereocenters. The van der Waals surface area contributed by atoms with Gasteiger partial charge in [-0.2, -0.15) is 5.10 Å². The third-order valence-electron chi connectivity index (χ3n) is 5.40. The Labute approximate surface area is 204 Å². The summed E-state index contributed by atoms with van der Waals surface area (Å²) in [6, 6.07) is 24.4. The van der Waals surface area contributed by atoms with Crippen LogP contribution in [0.2, 0.25) is 0 Å². The van der Waals surface area contributed by atoms with Crippen LogP contribution >= 0.6 is 0 Å². The maximum absolute atomic E-state index is 12.5. The molecule has 8 heteroatoms. The molecule has 0 bridgehead atoms. The number of ether oxygens (including phenoxy) is 2. The highest BCUT2D eigenvalue weighted by Gasteiger charge is 2.21. The van der Waals surface area contributed by atoms with Gasteiger partial charge >= 0.3 is 0 Å². The summed E-state index contributed by atoms with van der Waals surface area (Å²) in [6.07, 6.45) is -1.66. The largest absolute Gasteiger partial charge is 0.491 e. The molecule has 1 saturated heterocycles. The number of nitrogens with zero attached hydrogens (tertiary/aromatic N) is 2. The van der Waals surface area contributed by atoms with Gasteiger partial charge in [0.2, 0.25) is 0 Å². The van der Waals surface area contributed by atoms with E-state index in [4.69, 9.17) is 9.47 Å². The predicted molar refractivity (Wildman–Crippen MR) is 134 cm³/mol. The molecule has 35 heavy (non-hydrogen) atoms. The van der Waals surface area contributed by atoms with Crippen LogP contribution in [0.1, 0.15) is 11.1 Å². The highest BCUT2D eigenvalue weighted by atomic mass is 19.1. The SMILES string of the molecule is OC(CF)COc1ccc(/C(=N/Nc2ccccc2)c2ccc(OCC(O)CN3CC3)cc2)cc1. The number of benzene rings is 3. The van der Waals surface area contributed by atoms with E-state index >= 15 is 0 Å². The molecule has 3 aromatic rings. The summed E-state index contributed by atoms with van der Waals surface area (Å²) >= 11 is 0. The molecule has 3 aromatic carbocycles. The molecule has 4 rings (SSSR count). The number of nitrogens with one attached hydrogen (secondary N) is 1. The Hall–Kier alpha value is -3.46. The first kappa shape index (κ1) is 24.7. The monoisotopic (exact) mass is 479 g/mol. The van der Waals surface area contributed by atoms with E-state index in [0.29, 0.717) is 23.8 Å². The summed E-state index contributed by atoms with van der Waals surface area (Å²) in [5.41, 5.74) is 6.36. The lowest BCUT2D eigenvalue weighted by Crippen LogP contribution is -2.26. The second kappa shape index (κ2) is 12.3. The van der Waals surface area contributed by atoms with E-state index in [2.05, 4.69) is 15.4 Å². The van der Waals surface area contributed by atoms with Crippen LogP contribution in [0.25, 0.3) is 0 Å². The fourth-order valence-electron chi connectivity index (χ4n) is 3.38. The molecule has 184 valence electrons. The quantitative estimate of drug-likeness (QED) is 0.198. The maximum Gasteiger partial charge on any atom is 0.119 e. The number of hydrogen-bond donors (Lipinski definition) is 3. The lowest BCUT2D eigenvalue weighted by atomic mass is 10.0. The minimum atomic E-state index is -1.14. The average Bonchev–Trinajstić information content (AvgIpc) is 3.72. The Morgan fingerprint density at radius 2 is 1.37 bits per heavy atom. The van der Waals surface area contributed by atoms with Crippen molar-refractivity contribution in [2.75, 3.05) is 44.9 Å². The minimum absolute atomic E-state index is 0.111. The van der Waals surface area contributed by atoms with E-state index in [1.165, 1.54) is 0 Å². The lowest BCUT2D eigenvalue weighted by Gasteiger charge is -2.14. The molecule has 0 spiro atoms. The summed E-state index contributed by atoms with van der Waals surface area (Å²) in [4.78, 5) is 2.15. The zero-order chi connectivity index (χ0) is 24.5. The fraction of sp³-hybridized carbons (Fsp3) is 0.296. The molecule has 1 aliphatic rings. The minimum Gasteiger partial charge on any atom is -0.491 e.